The maximum absolute atomic E-state index is 10.8. The van der Waals surface area contributed by atoms with Crippen molar-refractivity contribution in [3.05, 3.63) is 12.3 Å². The fourth-order valence-corrected chi connectivity index (χ4v) is 2.82. The second-order valence-corrected chi connectivity index (χ2v) is 7.54. The molecular formula is C20H40NO4+. The van der Waals surface area contributed by atoms with Gasteiger partial charge in [-0.25, -0.2) is 4.79 Å². The van der Waals surface area contributed by atoms with Crippen molar-refractivity contribution in [3.8, 4) is 0 Å². The molecule has 0 aliphatic rings. The first-order chi connectivity index (χ1) is 11.9. The first kappa shape index (κ1) is 23.9. The molecule has 0 saturated heterocycles. The largest absolute Gasteiger partial charge is 0.477 e. The van der Waals surface area contributed by atoms with Crippen molar-refractivity contribution in [1.82, 2.24) is 0 Å². The average Bonchev–Trinajstić information content (AvgIpc) is 2.50. The molecule has 0 aromatic rings. The van der Waals surface area contributed by atoms with Gasteiger partial charge in [-0.2, -0.15) is 0 Å². The Balaban J connectivity index is 3.38. The van der Waals surface area contributed by atoms with Crippen LogP contribution in [0.4, 0.5) is 0 Å². The first-order valence-electron chi connectivity index (χ1n) is 9.79. The van der Waals surface area contributed by atoms with E-state index in [9.17, 15) is 4.79 Å². The molecule has 25 heavy (non-hydrogen) atoms. The number of ether oxygens (including phenoxy) is 2. The van der Waals surface area contributed by atoms with Crippen LogP contribution in [0.2, 0.25) is 0 Å². The van der Waals surface area contributed by atoms with Gasteiger partial charge in [-0.1, -0.05) is 71.3 Å². The molecule has 0 bridgehead atoms. The van der Waals surface area contributed by atoms with Crippen LogP contribution in [0.5, 0.6) is 0 Å². The molecule has 0 saturated carbocycles. The van der Waals surface area contributed by atoms with E-state index in [4.69, 9.17) is 14.6 Å². The predicted octanol–water partition coefficient (Wildman–Crippen LogP) is 4.57. The van der Waals surface area contributed by atoms with Crippen LogP contribution in [0.1, 0.15) is 71.1 Å². The first-order valence-corrected chi connectivity index (χ1v) is 9.79. The Morgan fingerprint density at radius 1 is 0.920 bits per heavy atom. The zero-order chi connectivity index (χ0) is 19.0. The van der Waals surface area contributed by atoms with Crippen LogP contribution < -0.4 is 0 Å². The molecule has 5 nitrogen and oxygen atoms in total. The topological polar surface area (TPSA) is 55.8 Å². The normalized spacial score (nSPS) is 11.5. The van der Waals surface area contributed by atoms with Gasteiger partial charge in [0, 0.05) is 0 Å². The number of rotatable bonds is 18. The minimum Gasteiger partial charge on any atom is -0.477 e. The molecular weight excluding hydrogens is 318 g/mol. The van der Waals surface area contributed by atoms with Gasteiger partial charge in [0.25, 0.3) is 0 Å². The quantitative estimate of drug-likeness (QED) is 0.169. The Hall–Kier alpha value is -1.07. The molecule has 0 aromatic carbocycles. The third-order valence-corrected chi connectivity index (χ3v) is 4.16. The van der Waals surface area contributed by atoms with Gasteiger partial charge in [-0.15, -0.1) is 0 Å². The lowest BCUT2D eigenvalue weighted by molar-refractivity contribution is -0.879. The van der Waals surface area contributed by atoms with Crippen molar-refractivity contribution in [3.63, 3.8) is 0 Å². The lowest BCUT2D eigenvalue weighted by atomic mass is 10.1. The summed E-state index contributed by atoms with van der Waals surface area (Å²) in [7, 11) is 3.68. The number of carbonyl (C=O) groups is 1. The lowest BCUT2D eigenvalue weighted by Gasteiger charge is -2.28. The van der Waals surface area contributed by atoms with Gasteiger partial charge in [-0.3, -0.25) is 0 Å². The molecule has 0 radical (unpaired) electrons. The number of nitrogens with zero attached hydrogens (tertiary/aromatic N) is 1. The summed E-state index contributed by atoms with van der Waals surface area (Å²) < 4.78 is 11.2. The Kier molecular flexibility index (Phi) is 14.6. The van der Waals surface area contributed by atoms with Crippen molar-refractivity contribution in [1.29, 1.82) is 0 Å². The highest BCUT2D eigenvalue weighted by Gasteiger charge is 2.21. The maximum atomic E-state index is 10.8. The zero-order valence-corrected chi connectivity index (χ0v) is 16.7. The van der Waals surface area contributed by atoms with Crippen molar-refractivity contribution in [2.24, 2.45) is 0 Å². The molecule has 5 heteroatoms. The Morgan fingerprint density at radius 2 is 1.44 bits per heavy atom. The summed E-state index contributed by atoms with van der Waals surface area (Å²) in [4.78, 5) is 10.8. The third-order valence-electron chi connectivity index (χ3n) is 4.16. The second kappa shape index (κ2) is 15.2. The van der Waals surface area contributed by atoms with E-state index in [2.05, 4.69) is 13.5 Å². The zero-order valence-electron chi connectivity index (χ0n) is 16.7. The molecule has 0 spiro atoms. The fraction of sp³-hybridized carbons (Fsp3) is 0.850. The summed E-state index contributed by atoms with van der Waals surface area (Å²) in [5, 5.41) is 8.85. The lowest BCUT2D eigenvalue weighted by Crippen LogP contribution is -2.45. The molecule has 0 atom stereocenters. The number of quaternary nitrogens is 1. The molecule has 0 unspecified atom stereocenters. The van der Waals surface area contributed by atoms with Crippen LogP contribution in [-0.4, -0.2) is 56.1 Å². The molecule has 0 fully saturated rings. The van der Waals surface area contributed by atoms with E-state index in [1.165, 1.54) is 57.8 Å². The van der Waals surface area contributed by atoms with Gasteiger partial charge in [0.05, 0.1) is 20.7 Å². The summed E-state index contributed by atoms with van der Waals surface area (Å²) in [5.41, 5.74) is 0. The Bertz CT molecular complexity index is 356. The summed E-state index contributed by atoms with van der Waals surface area (Å²) in [5.74, 6) is -0.260. The molecule has 0 aliphatic heterocycles. The number of unbranched alkanes of at least 4 members (excludes halogenated alkanes) is 9. The van der Waals surface area contributed by atoms with Crippen molar-refractivity contribution in [2.45, 2.75) is 71.1 Å². The highest BCUT2D eigenvalue weighted by atomic mass is 16.7. The average molecular weight is 359 g/mol. The van der Waals surface area contributed by atoms with Crippen LogP contribution >= 0.6 is 0 Å². The van der Waals surface area contributed by atoms with Crippen molar-refractivity contribution < 1.29 is 23.9 Å². The van der Waals surface area contributed by atoms with Gasteiger partial charge >= 0.3 is 5.97 Å². The Labute approximate surface area is 154 Å². The number of hydrogen-bond acceptors (Lipinski definition) is 3. The van der Waals surface area contributed by atoms with E-state index in [-0.39, 0.29) is 13.3 Å². The molecule has 0 aromatic heterocycles. The van der Waals surface area contributed by atoms with Crippen molar-refractivity contribution >= 4 is 5.97 Å². The molecule has 0 rings (SSSR count). The standard InChI is InChI=1S/C20H39NO4/c1-5-6-7-8-9-10-11-12-13-14-15-24-18-25-19(2)16-21(3,4)17-20(22)23/h2,5-18H2,1,3-4H3/p+1. The van der Waals surface area contributed by atoms with Gasteiger partial charge in [0.2, 0.25) is 0 Å². The minimum absolute atomic E-state index is 0.0435. The van der Waals surface area contributed by atoms with E-state index in [1.54, 1.807) is 0 Å². The monoisotopic (exact) mass is 358 g/mol. The van der Waals surface area contributed by atoms with E-state index < -0.39 is 5.97 Å². The van der Waals surface area contributed by atoms with E-state index in [1.807, 2.05) is 14.1 Å². The maximum Gasteiger partial charge on any atom is 0.359 e. The van der Waals surface area contributed by atoms with Crippen LogP contribution in [0.25, 0.3) is 0 Å². The number of likely N-dealkylation sites (N-methyl/N-ethyl adjacent to an activating group) is 1. The van der Waals surface area contributed by atoms with E-state index in [0.29, 0.717) is 23.4 Å². The van der Waals surface area contributed by atoms with E-state index in [0.717, 1.165) is 6.42 Å². The Morgan fingerprint density at radius 3 is 1.96 bits per heavy atom. The molecule has 1 N–H and O–H groups in total. The summed E-state index contributed by atoms with van der Waals surface area (Å²) in [6.45, 7) is 7.50. The van der Waals surface area contributed by atoms with Crippen LogP contribution in [-0.2, 0) is 14.3 Å². The fourth-order valence-electron chi connectivity index (χ4n) is 2.82. The van der Waals surface area contributed by atoms with Gasteiger partial charge in [0.1, 0.15) is 12.3 Å². The number of hydrogen-bond donors (Lipinski definition) is 1. The number of aliphatic carboxylic acids is 1. The van der Waals surface area contributed by atoms with Crippen LogP contribution in [0, 0.1) is 0 Å². The van der Waals surface area contributed by atoms with Crippen LogP contribution in [0.3, 0.4) is 0 Å². The summed E-state index contributed by atoms with van der Waals surface area (Å²) in [6, 6.07) is 0. The van der Waals surface area contributed by atoms with Gasteiger partial charge < -0.3 is 19.1 Å². The molecule has 148 valence electrons. The highest BCUT2D eigenvalue weighted by Crippen LogP contribution is 2.10. The summed E-state index contributed by atoms with van der Waals surface area (Å²) >= 11 is 0. The molecule has 0 heterocycles. The minimum atomic E-state index is -0.824. The third kappa shape index (κ3) is 17.5. The SMILES string of the molecule is C=C(C[N+](C)(C)CC(=O)O)OCOCCCCCCCCCCCC. The van der Waals surface area contributed by atoms with Gasteiger partial charge in [-0.05, 0) is 6.42 Å². The molecule has 0 amide bonds. The number of carboxylic acids is 1. The van der Waals surface area contributed by atoms with Gasteiger partial charge in [0.15, 0.2) is 13.3 Å². The smallest absolute Gasteiger partial charge is 0.359 e. The van der Waals surface area contributed by atoms with Crippen LogP contribution in [0.15, 0.2) is 12.3 Å². The summed E-state index contributed by atoms with van der Waals surface area (Å²) in [6.07, 6.45) is 13.1. The highest BCUT2D eigenvalue weighted by molar-refractivity contribution is 5.67. The molecule has 0 aliphatic carbocycles. The predicted molar refractivity (Wildman–Crippen MR) is 102 cm³/mol. The number of carboxylic acid groups (broad SMARTS) is 1. The van der Waals surface area contributed by atoms with E-state index >= 15 is 0 Å². The van der Waals surface area contributed by atoms with Crippen molar-refractivity contribution in [2.75, 3.05) is 40.6 Å². The second-order valence-electron chi connectivity index (χ2n) is 7.54.